The van der Waals surface area contributed by atoms with Crippen molar-refractivity contribution in [2.75, 3.05) is 13.2 Å². The van der Waals surface area contributed by atoms with Crippen LogP contribution < -0.4 is 0 Å². The van der Waals surface area contributed by atoms with E-state index in [1.165, 1.54) is 0 Å². The first kappa shape index (κ1) is 10.0. The molecule has 0 aliphatic carbocycles. The third-order valence-electron chi connectivity index (χ3n) is 2.70. The summed E-state index contributed by atoms with van der Waals surface area (Å²) in [7, 11) is 0. The van der Waals surface area contributed by atoms with E-state index in [1.54, 1.807) is 0 Å². The van der Waals surface area contributed by atoms with Crippen molar-refractivity contribution in [1.29, 1.82) is 0 Å². The molecule has 0 unspecified atom stereocenters. The van der Waals surface area contributed by atoms with Gasteiger partial charge in [-0.05, 0) is 33.1 Å². The molecule has 1 heterocycles. The van der Waals surface area contributed by atoms with Crippen LogP contribution in [0, 0.1) is 5.92 Å². The minimum absolute atomic E-state index is 0.207. The molecule has 1 aliphatic rings. The number of aliphatic hydroxyl groups excluding tert-OH is 1. The predicted molar refractivity (Wildman–Crippen MR) is 51.1 cm³/mol. The zero-order chi connectivity index (χ0) is 9.35. The minimum Gasteiger partial charge on any atom is -0.395 e. The third-order valence-corrected chi connectivity index (χ3v) is 2.70. The molecule has 0 amide bonds. The molecule has 1 saturated heterocycles. The van der Waals surface area contributed by atoms with Crippen molar-refractivity contribution in [2.24, 2.45) is 5.92 Å². The maximum atomic E-state index is 9.18. The first-order valence-electron chi connectivity index (χ1n) is 4.82. The average Bonchev–Trinajstić information content (AvgIpc) is 2.29. The van der Waals surface area contributed by atoms with Crippen LogP contribution in [-0.4, -0.2) is 34.7 Å². The zero-order valence-corrected chi connectivity index (χ0v) is 8.67. The van der Waals surface area contributed by atoms with Crippen LogP contribution in [-0.2, 0) is 0 Å². The molecule has 1 rings (SSSR count). The summed E-state index contributed by atoms with van der Waals surface area (Å²) in [6.07, 6.45) is 1.15. The van der Waals surface area contributed by atoms with Crippen LogP contribution in [0.3, 0.4) is 0 Å². The standard InChI is InChI=1S/C10H21NO/c1-8-5-9(7-12)11(6-8)10(2,3)4/h8-9,12H,5-7H2,1-4H3/t8-,9+/m0/s1. The Hall–Kier alpha value is -0.0800. The fourth-order valence-electron chi connectivity index (χ4n) is 2.15. The van der Waals surface area contributed by atoms with Gasteiger partial charge in [-0.3, -0.25) is 4.90 Å². The Bertz CT molecular complexity index is 150. The van der Waals surface area contributed by atoms with Crippen molar-refractivity contribution in [2.45, 2.75) is 45.7 Å². The molecule has 0 bridgehead atoms. The van der Waals surface area contributed by atoms with E-state index in [-0.39, 0.29) is 5.54 Å². The Morgan fingerprint density at radius 1 is 1.42 bits per heavy atom. The van der Waals surface area contributed by atoms with Gasteiger partial charge in [0.1, 0.15) is 0 Å². The Balaban J connectivity index is 2.64. The van der Waals surface area contributed by atoms with E-state index < -0.39 is 0 Å². The molecule has 72 valence electrons. The van der Waals surface area contributed by atoms with Gasteiger partial charge in [0.05, 0.1) is 6.61 Å². The monoisotopic (exact) mass is 171 g/mol. The first-order valence-corrected chi connectivity index (χ1v) is 4.82. The highest BCUT2D eigenvalue weighted by atomic mass is 16.3. The fraction of sp³-hybridized carbons (Fsp3) is 1.00. The molecule has 1 aliphatic heterocycles. The summed E-state index contributed by atoms with van der Waals surface area (Å²) < 4.78 is 0. The van der Waals surface area contributed by atoms with Crippen molar-refractivity contribution in [3.8, 4) is 0 Å². The number of hydrogen-bond acceptors (Lipinski definition) is 2. The van der Waals surface area contributed by atoms with Gasteiger partial charge in [0, 0.05) is 18.1 Å². The summed E-state index contributed by atoms with van der Waals surface area (Å²) in [6.45, 7) is 10.3. The first-order chi connectivity index (χ1) is 5.45. The van der Waals surface area contributed by atoms with Crippen LogP contribution in [0.4, 0.5) is 0 Å². The fourth-order valence-corrected chi connectivity index (χ4v) is 2.15. The van der Waals surface area contributed by atoms with Crippen LogP contribution in [0.5, 0.6) is 0 Å². The number of aliphatic hydroxyl groups is 1. The summed E-state index contributed by atoms with van der Waals surface area (Å²) in [5.74, 6) is 0.737. The smallest absolute Gasteiger partial charge is 0.0587 e. The molecule has 0 spiro atoms. The lowest BCUT2D eigenvalue weighted by atomic mass is 10.1. The van der Waals surface area contributed by atoms with E-state index in [4.69, 9.17) is 0 Å². The summed E-state index contributed by atoms with van der Waals surface area (Å²) in [4.78, 5) is 2.41. The van der Waals surface area contributed by atoms with E-state index >= 15 is 0 Å². The van der Waals surface area contributed by atoms with E-state index in [2.05, 4.69) is 32.6 Å². The molecule has 0 saturated carbocycles. The molecule has 0 aromatic rings. The van der Waals surface area contributed by atoms with Crippen molar-refractivity contribution >= 4 is 0 Å². The predicted octanol–water partition coefficient (Wildman–Crippen LogP) is 1.49. The summed E-state index contributed by atoms with van der Waals surface area (Å²) >= 11 is 0. The largest absolute Gasteiger partial charge is 0.395 e. The third kappa shape index (κ3) is 1.99. The van der Waals surface area contributed by atoms with E-state index in [0.29, 0.717) is 12.6 Å². The molecular weight excluding hydrogens is 150 g/mol. The van der Waals surface area contributed by atoms with Crippen molar-refractivity contribution in [3.63, 3.8) is 0 Å². The Kier molecular flexibility index (Phi) is 2.79. The summed E-state index contributed by atoms with van der Waals surface area (Å²) in [5, 5.41) is 9.18. The van der Waals surface area contributed by atoms with Gasteiger partial charge < -0.3 is 5.11 Å². The molecule has 2 nitrogen and oxygen atoms in total. The second-order valence-electron chi connectivity index (χ2n) is 5.00. The Morgan fingerprint density at radius 3 is 2.33 bits per heavy atom. The number of nitrogens with zero attached hydrogens (tertiary/aromatic N) is 1. The molecule has 1 N–H and O–H groups in total. The molecule has 0 radical (unpaired) electrons. The lowest BCUT2D eigenvalue weighted by Gasteiger charge is -2.36. The second-order valence-corrected chi connectivity index (χ2v) is 5.00. The van der Waals surface area contributed by atoms with Gasteiger partial charge in [0.15, 0.2) is 0 Å². The van der Waals surface area contributed by atoms with Crippen molar-refractivity contribution < 1.29 is 5.11 Å². The van der Waals surface area contributed by atoms with Crippen LogP contribution in [0.25, 0.3) is 0 Å². The van der Waals surface area contributed by atoms with E-state index in [1.807, 2.05) is 0 Å². The highest BCUT2D eigenvalue weighted by Gasteiger charge is 2.35. The molecule has 0 aromatic carbocycles. The maximum Gasteiger partial charge on any atom is 0.0587 e. The minimum atomic E-state index is 0.207. The van der Waals surface area contributed by atoms with E-state index in [9.17, 15) is 5.11 Å². The number of rotatable bonds is 1. The molecule has 0 aromatic heterocycles. The molecule has 2 atom stereocenters. The van der Waals surface area contributed by atoms with Gasteiger partial charge in [-0.1, -0.05) is 6.92 Å². The van der Waals surface area contributed by atoms with Crippen LogP contribution in [0.2, 0.25) is 0 Å². The summed E-state index contributed by atoms with van der Waals surface area (Å²) in [5.41, 5.74) is 0.207. The average molecular weight is 171 g/mol. The molecule has 12 heavy (non-hydrogen) atoms. The lowest BCUT2D eigenvalue weighted by Crippen LogP contribution is -2.46. The normalized spacial score (nSPS) is 32.8. The number of likely N-dealkylation sites (tertiary alicyclic amines) is 1. The summed E-state index contributed by atoms with van der Waals surface area (Å²) in [6, 6.07) is 0.389. The van der Waals surface area contributed by atoms with Gasteiger partial charge in [-0.15, -0.1) is 0 Å². The van der Waals surface area contributed by atoms with Crippen LogP contribution in [0.15, 0.2) is 0 Å². The Labute approximate surface area is 75.6 Å². The van der Waals surface area contributed by atoms with Gasteiger partial charge in [-0.25, -0.2) is 0 Å². The van der Waals surface area contributed by atoms with Crippen molar-refractivity contribution in [1.82, 2.24) is 4.90 Å². The van der Waals surface area contributed by atoms with E-state index in [0.717, 1.165) is 18.9 Å². The maximum absolute atomic E-state index is 9.18. The van der Waals surface area contributed by atoms with Gasteiger partial charge in [0.2, 0.25) is 0 Å². The molecule has 1 fully saturated rings. The molecular formula is C10H21NO. The highest BCUT2D eigenvalue weighted by molar-refractivity contribution is 4.90. The van der Waals surface area contributed by atoms with Crippen LogP contribution >= 0.6 is 0 Å². The molecule has 2 heteroatoms. The van der Waals surface area contributed by atoms with Crippen LogP contribution in [0.1, 0.15) is 34.1 Å². The quantitative estimate of drug-likeness (QED) is 0.646. The van der Waals surface area contributed by atoms with Gasteiger partial charge in [0.25, 0.3) is 0 Å². The SMILES string of the molecule is C[C@H]1C[C@H](CO)N(C(C)(C)C)C1. The second kappa shape index (κ2) is 3.35. The Morgan fingerprint density at radius 2 is 2.00 bits per heavy atom. The highest BCUT2D eigenvalue weighted by Crippen LogP contribution is 2.29. The van der Waals surface area contributed by atoms with Gasteiger partial charge in [-0.2, -0.15) is 0 Å². The lowest BCUT2D eigenvalue weighted by molar-refractivity contribution is 0.0795. The number of hydrogen-bond donors (Lipinski definition) is 1. The van der Waals surface area contributed by atoms with Gasteiger partial charge >= 0.3 is 0 Å². The van der Waals surface area contributed by atoms with Crippen molar-refractivity contribution in [3.05, 3.63) is 0 Å². The topological polar surface area (TPSA) is 23.5 Å². The zero-order valence-electron chi connectivity index (χ0n) is 8.67.